The van der Waals surface area contributed by atoms with Gasteiger partial charge in [0, 0.05) is 13.6 Å². The van der Waals surface area contributed by atoms with Gasteiger partial charge in [-0.1, -0.05) is 15.9 Å². The quantitative estimate of drug-likeness (QED) is 0.730. The molecule has 1 aliphatic rings. The van der Waals surface area contributed by atoms with Gasteiger partial charge in [0.1, 0.15) is 0 Å². The highest BCUT2D eigenvalue weighted by Crippen LogP contribution is 2.41. The molecule has 2 aromatic rings. The van der Waals surface area contributed by atoms with Crippen LogP contribution in [0.5, 0.6) is 0 Å². The number of tetrazole rings is 1. The van der Waals surface area contributed by atoms with Gasteiger partial charge in [-0.25, -0.2) is 9.48 Å². The third-order valence-electron chi connectivity index (χ3n) is 3.62. The molecule has 1 fully saturated rings. The first-order valence-electron chi connectivity index (χ1n) is 6.02. The monoisotopic (exact) mass is 448 g/mol. The maximum absolute atomic E-state index is 11.6. The molecule has 0 atom stereocenters. The standard InChI is InChI=1S/C12H10BrIN4O2/c13-9-3-2-7(14)6-8(9)10-15-16-17-18(10)12(11(19)20)4-1-5-12/h2-3,6H,1,4-5H2,(H,19,20). The molecule has 8 heteroatoms. The summed E-state index contributed by atoms with van der Waals surface area (Å²) in [6.07, 6.45) is 1.99. The molecule has 1 saturated carbocycles. The van der Waals surface area contributed by atoms with E-state index in [9.17, 15) is 9.90 Å². The van der Waals surface area contributed by atoms with E-state index in [1.807, 2.05) is 18.2 Å². The number of carboxylic acids is 1. The molecular weight excluding hydrogens is 439 g/mol. The van der Waals surface area contributed by atoms with Crippen molar-refractivity contribution < 1.29 is 9.90 Å². The number of hydrogen-bond acceptors (Lipinski definition) is 4. The lowest BCUT2D eigenvalue weighted by atomic mass is 9.76. The second kappa shape index (κ2) is 5.06. The van der Waals surface area contributed by atoms with Gasteiger partial charge in [0.2, 0.25) is 0 Å². The topological polar surface area (TPSA) is 80.9 Å². The molecule has 20 heavy (non-hydrogen) atoms. The van der Waals surface area contributed by atoms with Gasteiger partial charge in [0.25, 0.3) is 0 Å². The van der Waals surface area contributed by atoms with Crippen LogP contribution in [0.15, 0.2) is 22.7 Å². The molecular formula is C12H10BrIN4O2. The normalized spacial score (nSPS) is 16.7. The van der Waals surface area contributed by atoms with E-state index in [4.69, 9.17) is 0 Å². The Morgan fingerprint density at radius 3 is 2.80 bits per heavy atom. The van der Waals surface area contributed by atoms with Crippen LogP contribution in [0.1, 0.15) is 19.3 Å². The summed E-state index contributed by atoms with van der Waals surface area (Å²) in [6.45, 7) is 0. The minimum atomic E-state index is -1.00. The highest BCUT2D eigenvalue weighted by atomic mass is 127. The van der Waals surface area contributed by atoms with Crippen LogP contribution in [0.4, 0.5) is 0 Å². The summed E-state index contributed by atoms with van der Waals surface area (Å²) >= 11 is 5.67. The number of carbonyl (C=O) groups is 1. The van der Waals surface area contributed by atoms with Crippen LogP contribution in [0.25, 0.3) is 11.4 Å². The Kier molecular flexibility index (Phi) is 3.53. The first-order chi connectivity index (χ1) is 9.54. The summed E-state index contributed by atoms with van der Waals surface area (Å²) in [4.78, 5) is 11.6. The Morgan fingerprint density at radius 1 is 1.45 bits per heavy atom. The van der Waals surface area contributed by atoms with E-state index in [0.29, 0.717) is 18.7 Å². The fraction of sp³-hybridized carbons (Fsp3) is 0.333. The fourth-order valence-corrected chi connectivity index (χ4v) is 3.26. The van der Waals surface area contributed by atoms with Gasteiger partial charge < -0.3 is 5.11 Å². The molecule has 0 aliphatic heterocycles. The Hall–Kier alpha value is -1.03. The van der Waals surface area contributed by atoms with Crippen LogP contribution in [-0.4, -0.2) is 31.3 Å². The lowest BCUT2D eigenvalue weighted by molar-refractivity contribution is -0.153. The Morgan fingerprint density at radius 2 is 2.20 bits per heavy atom. The van der Waals surface area contributed by atoms with Crippen LogP contribution < -0.4 is 0 Å². The number of benzene rings is 1. The van der Waals surface area contributed by atoms with Gasteiger partial charge in [0.15, 0.2) is 11.4 Å². The van der Waals surface area contributed by atoms with E-state index in [2.05, 4.69) is 54.0 Å². The van der Waals surface area contributed by atoms with Crippen LogP contribution in [-0.2, 0) is 10.3 Å². The first kappa shape index (κ1) is 13.9. The second-order valence-electron chi connectivity index (χ2n) is 4.73. The fourth-order valence-electron chi connectivity index (χ4n) is 2.34. The molecule has 1 aromatic heterocycles. The zero-order valence-electron chi connectivity index (χ0n) is 10.3. The van der Waals surface area contributed by atoms with E-state index in [1.165, 1.54) is 4.68 Å². The SMILES string of the molecule is O=C(O)C1(n2nnnc2-c2cc(I)ccc2Br)CCC1. The van der Waals surface area contributed by atoms with Crippen LogP contribution >= 0.6 is 38.5 Å². The Bertz CT molecular complexity index is 684. The molecule has 0 unspecified atom stereocenters. The molecule has 0 radical (unpaired) electrons. The number of nitrogens with zero attached hydrogens (tertiary/aromatic N) is 4. The zero-order chi connectivity index (χ0) is 14.3. The van der Waals surface area contributed by atoms with Crippen LogP contribution in [0.3, 0.4) is 0 Å². The van der Waals surface area contributed by atoms with E-state index < -0.39 is 11.5 Å². The zero-order valence-corrected chi connectivity index (χ0v) is 14.0. The molecule has 1 heterocycles. The average Bonchev–Trinajstić information content (AvgIpc) is 2.80. The Labute approximate surface area is 136 Å². The number of carboxylic acid groups (broad SMARTS) is 1. The molecule has 0 saturated heterocycles. The second-order valence-corrected chi connectivity index (χ2v) is 6.83. The van der Waals surface area contributed by atoms with Gasteiger partial charge in [-0.05, 0) is 70.5 Å². The lowest BCUT2D eigenvalue weighted by Gasteiger charge is -2.37. The van der Waals surface area contributed by atoms with Gasteiger partial charge in [-0.15, -0.1) is 5.10 Å². The summed E-state index contributed by atoms with van der Waals surface area (Å²) < 4.78 is 3.33. The van der Waals surface area contributed by atoms with Crippen LogP contribution in [0.2, 0.25) is 0 Å². The van der Waals surface area contributed by atoms with E-state index in [-0.39, 0.29) is 0 Å². The molecule has 1 aliphatic carbocycles. The van der Waals surface area contributed by atoms with E-state index in [0.717, 1.165) is 20.0 Å². The van der Waals surface area contributed by atoms with Crippen molar-refractivity contribution in [2.75, 3.05) is 0 Å². The summed E-state index contributed by atoms with van der Waals surface area (Å²) in [5.74, 6) is -0.392. The van der Waals surface area contributed by atoms with E-state index >= 15 is 0 Å². The van der Waals surface area contributed by atoms with Crippen molar-refractivity contribution in [2.24, 2.45) is 0 Å². The third-order valence-corrected chi connectivity index (χ3v) is 4.99. The summed E-state index contributed by atoms with van der Waals surface area (Å²) in [5.41, 5.74) is -0.200. The molecule has 3 rings (SSSR count). The minimum absolute atomic E-state index is 0.484. The molecule has 104 valence electrons. The highest BCUT2D eigenvalue weighted by Gasteiger charge is 2.49. The maximum Gasteiger partial charge on any atom is 0.331 e. The van der Waals surface area contributed by atoms with Crippen molar-refractivity contribution in [3.8, 4) is 11.4 Å². The van der Waals surface area contributed by atoms with Crippen molar-refractivity contribution in [1.29, 1.82) is 0 Å². The van der Waals surface area contributed by atoms with Crippen molar-refractivity contribution in [2.45, 2.75) is 24.8 Å². The molecule has 1 N–H and O–H groups in total. The lowest BCUT2D eigenvalue weighted by Crippen LogP contribution is -2.48. The predicted molar refractivity (Wildman–Crippen MR) is 83.1 cm³/mol. The number of aliphatic carboxylic acids is 1. The Balaban J connectivity index is 2.16. The maximum atomic E-state index is 11.6. The van der Waals surface area contributed by atoms with Crippen molar-refractivity contribution in [3.05, 3.63) is 26.2 Å². The van der Waals surface area contributed by atoms with Crippen molar-refractivity contribution >= 4 is 44.5 Å². The summed E-state index contributed by atoms with van der Waals surface area (Å²) in [7, 11) is 0. The number of aromatic nitrogens is 4. The number of halogens is 2. The predicted octanol–water partition coefficient (Wildman–Crippen LogP) is 2.67. The average molecular weight is 449 g/mol. The molecule has 1 aromatic carbocycles. The van der Waals surface area contributed by atoms with Crippen molar-refractivity contribution in [1.82, 2.24) is 20.2 Å². The molecule has 0 bridgehead atoms. The van der Waals surface area contributed by atoms with Crippen molar-refractivity contribution in [3.63, 3.8) is 0 Å². The minimum Gasteiger partial charge on any atom is -0.479 e. The highest BCUT2D eigenvalue weighted by molar-refractivity contribution is 14.1. The van der Waals surface area contributed by atoms with Gasteiger partial charge in [-0.3, -0.25) is 0 Å². The smallest absolute Gasteiger partial charge is 0.331 e. The van der Waals surface area contributed by atoms with Gasteiger partial charge in [0.05, 0.1) is 0 Å². The van der Waals surface area contributed by atoms with E-state index in [1.54, 1.807) is 0 Å². The summed E-state index contributed by atoms with van der Waals surface area (Å²) in [6, 6.07) is 5.80. The summed E-state index contributed by atoms with van der Waals surface area (Å²) in [5, 5.41) is 21.2. The number of hydrogen-bond donors (Lipinski definition) is 1. The molecule has 6 nitrogen and oxygen atoms in total. The van der Waals surface area contributed by atoms with Gasteiger partial charge in [-0.2, -0.15) is 0 Å². The number of rotatable bonds is 3. The first-order valence-corrected chi connectivity index (χ1v) is 7.89. The molecule has 0 spiro atoms. The largest absolute Gasteiger partial charge is 0.479 e. The third kappa shape index (κ3) is 2.05. The molecule has 0 amide bonds. The van der Waals surface area contributed by atoms with Gasteiger partial charge >= 0.3 is 5.97 Å². The van der Waals surface area contributed by atoms with Crippen LogP contribution in [0, 0.1) is 3.57 Å².